The molecule has 1 aromatic rings. The third-order valence-electron chi connectivity index (χ3n) is 3.17. The molecule has 1 aliphatic carbocycles. The van der Waals surface area contributed by atoms with Crippen molar-refractivity contribution in [1.29, 1.82) is 0 Å². The predicted octanol–water partition coefficient (Wildman–Crippen LogP) is 0.419. The van der Waals surface area contributed by atoms with Gasteiger partial charge in [-0.2, -0.15) is 0 Å². The minimum absolute atomic E-state index is 0.0732. The molecule has 2 rings (SSSR count). The summed E-state index contributed by atoms with van der Waals surface area (Å²) in [6.45, 7) is 1.30. The highest BCUT2D eigenvalue weighted by atomic mass is 32.2. The Hall–Kier alpha value is -1.44. The number of benzene rings is 1. The lowest BCUT2D eigenvalue weighted by Crippen LogP contribution is -2.31. The van der Waals surface area contributed by atoms with Gasteiger partial charge >= 0.3 is 0 Å². The van der Waals surface area contributed by atoms with Crippen molar-refractivity contribution < 1.29 is 13.2 Å². The third-order valence-corrected chi connectivity index (χ3v) is 4.71. The number of hydrogen-bond acceptors (Lipinski definition) is 4. The monoisotopic (exact) mass is 311 g/mol. The number of carbonyl (C=O) groups excluding carboxylic acids is 1. The highest BCUT2D eigenvalue weighted by Crippen LogP contribution is 2.22. The number of sulfonamides is 1. The molecule has 0 bridgehead atoms. The zero-order valence-corrected chi connectivity index (χ0v) is 13.1. The molecule has 0 radical (unpaired) electrons. The lowest BCUT2D eigenvalue weighted by molar-refractivity contribution is 0.0951. The molecule has 6 nitrogen and oxygen atoms in total. The highest BCUT2D eigenvalue weighted by Gasteiger charge is 2.27. The Kier molecular flexibility index (Phi) is 4.97. The molecule has 21 heavy (non-hydrogen) atoms. The Morgan fingerprint density at radius 2 is 1.86 bits per heavy atom. The number of amides is 1. The molecular weight excluding hydrogens is 290 g/mol. The van der Waals surface area contributed by atoms with E-state index in [0.29, 0.717) is 12.1 Å². The van der Waals surface area contributed by atoms with Gasteiger partial charge in [-0.05, 0) is 51.2 Å². The van der Waals surface area contributed by atoms with Crippen LogP contribution < -0.4 is 10.0 Å². The van der Waals surface area contributed by atoms with Crippen molar-refractivity contribution in [2.45, 2.75) is 23.8 Å². The number of likely N-dealkylation sites (N-methyl/N-ethyl adjacent to an activating group) is 1. The van der Waals surface area contributed by atoms with E-state index in [2.05, 4.69) is 10.0 Å². The van der Waals surface area contributed by atoms with Crippen molar-refractivity contribution >= 4 is 15.9 Å². The molecule has 0 unspecified atom stereocenters. The molecular formula is C14H21N3O3S. The second kappa shape index (κ2) is 6.55. The summed E-state index contributed by atoms with van der Waals surface area (Å²) in [5.74, 6) is -0.198. The summed E-state index contributed by atoms with van der Waals surface area (Å²) < 4.78 is 26.6. The molecule has 7 heteroatoms. The molecule has 0 spiro atoms. The first kappa shape index (κ1) is 15.9. The van der Waals surface area contributed by atoms with E-state index in [1.54, 1.807) is 0 Å². The van der Waals surface area contributed by atoms with Gasteiger partial charge in [0.15, 0.2) is 0 Å². The van der Waals surface area contributed by atoms with Crippen LogP contribution >= 0.6 is 0 Å². The maximum absolute atomic E-state index is 12.0. The van der Waals surface area contributed by atoms with Crippen LogP contribution in [0.15, 0.2) is 29.2 Å². The summed E-state index contributed by atoms with van der Waals surface area (Å²) in [5, 5.41) is 2.79. The van der Waals surface area contributed by atoms with Gasteiger partial charge < -0.3 is 10.2 Å². The van der Waals surface area contributed by atoms with Crippen LogP contribution in [0.25, 0.3) is 0 Å². The van der Waals surface area contributed by atoms with Crippen LogP contribution in [0.4, 0.5) is 0 Å². The van der Waals surface area contributed by atoms with Gasteiger partial charge in [-0.15, -0.1) is 0 Å². The van der Waals surface area contributed by atoms with Gasteiger partial charge in [-0.25, -0.2) is 13.1 Å². The first-order valence-electron chi connectivity index (χ1n) is 6.94. The predicted molar refractivity (Wildman–Crippen MR) is 80.7 cm³/mol. The van der Waals surface area contributed by atoms with Crippen molar-refractivity contribution in [3.63, 3.8) is 0 Å². The molecule has 0 atom stereocenters. The van der Waals surface area contributed by atoms with E-state index in [0.717, 1.165) is 19.4 Å². The molecule has 0 heterocycles. The fourth-order valence-corrected chi connectivity index (χ4v) is 3.07. The highest BCUT2D eigenvalue weighted by molar-refractivity contribution is 7.89. The van der Waals surface area contributed by atoms with Gasteiger partial charge in [-0.1, -0.05) is 0 Å². The number of rotatable bonds is 7. The van der Waals surface area contributed by atoms with E-state index in [-0.39, 0.29) is 16.8 Å². The molecule has 1 fully saturated rings. The first-order chi connectivity index (χ1) is 9.88. The van der Waals surface area contributed by atoms with Crippen LogP contribution in [-0.2, 0) is 10.0 Å². The Morgan fingerprint density at radius 3 is 2.38 bits per heavy atom. The Balaban J connectivity index is 1.96. The molecule has 0 saturated heterocycles. The fraction of sp³-hybridized carbons (Fsp3) is 0.500. The second-order valence-corrected chi connectivity index (χ2v) is 7.19. The number of hydrogen-bond donors (Lipinski definition) is 2. The van der Waals surface area contributed by atoms with Gasteiger partial charge in [-0.3, -0.25) is 4.79 Å². The Bertz CT molecular complexity index is 592. The summed E-state index contributed by atoms with van der Waals surface area (Å²) in [7, 11) is 0.402. The van der Waals surface area contributed by atoms with Crippen LogP contribution in [0.2, 0.25) is 0 Å². The summed E-state index contributed by atoms with van der Waals surface area (Å²) in [4.78, 5) is 14.0. The van der Waals surface area contributed by atoms with Crippen molar-refractivity contribution in [3.05, 3.63) is 29.8 Å². The van der Waals surface area contributed by atoms with Gasteiger partial charge in [0.1, 0.15) is 0 Å². The molecule has 1 aromatic carbocycles. The summed E-state index contributed by atoms with van der Waals surface area (Å²) >= 11 is 0. The summed E-state index contributed by atoms with van der Waals surface area (Å²) in [6, 6.07) is 6.07. The van der Waals surface area contributed by atoms with Gasteiger partial charge in [0, 0.05) is 24.7 Å². The SMILES string of the molecule is CN(C)CCNC(=O)c1ccc(S(=O)(=O)NC2CC2)cc1. The fourth-order valence-electron chi connectivity index (χ4n) is 1.77. The lowest BCUT2D eigenvalue weighted by atomic mass is 10.2. The first-order valence-corrected chi connectivity index (χ1v) is 8.42. The molecule has 1 amide bonds. The third kappa shape index (κ3) is 4.80. The van der Waals surface area contributed by atoms with Gasteiger partial charge in [0.05, 0.1) is 4.90 Å². The van der Waals surface area contributed by atoms with Gasteiger partial charge in [0.25, 0.3) is 5.91 Å². The number of carbonyl (C=O) groups is 1. The zero-order valence-electron chi connectivity index (χ0n) is 12.3. The van der Waals surface area contributed by atoms with Crippen molar-refractivity contribution in [2.75, 3.05) is 27.2 Å². The summed E-state index contributed by atoms with van der Waals surface area (Å²) in [5.41, 5.74) is 0.458. The van der Waals surface area contributed by atoms with E-state index >= 15 is 0 Å². The quantitative estimate of drug-likeness (QED) is 0.765. The second-order valence-electron chi connectivity index (χ2n) is 5.48. The topological polar surface area (TPSA) is 78.5 Å². The smallest absolute Gasteiger partial charge is 0.251 e. The van der Waals surface area contributed by atoms with E-state index in [1.807, 2.05) is 19.0 Å². The molecule has 0 aliphatic heterocycles. The summed E-state index contributed by atoms with van der Waals surface area (Å²) in [6.07, 6.45) is 1.79. The lowest BCUT2D eigenvalue weighted by Gasteiger charge is -2.11. The normalized spacial score (nSPS) is 15.2. The maximum atomic E-state index is 12.0. The van der Waals surface area contributed by atoms with Crippen LogP contribution in [0, 0.1) is 0 Å². The van der Waals surface area contributed by atoms with Crippen LogP contribution in [0.3, 0.4) is 0 Å². The average molecular weight is 311 g/mol. The molecule has 1 saturated carbocycles. The molecule has 116 valence electrons. The van der Waals surface area contributed by atoms with Crippen molar-refractivity contribution in [2.24, 2.45) is 0 Å². The van der Waals surface area contributed by atoms with Gasteiger partial charge in [0.2, 0.25) is 10.0 Å². The average Bonchev–Trinajstić information content (AvgIpc) is 3.21. The molecule has 0 aromatic heterocycles. The van der Waals surface area contributed by atoms with E-state index in [4.69, 9.17) is 0 Å². The van der Waals surface area contributed by atoms with Crippen molar-refractivity contribution in [3.8, 4) is 0 Å². The number of nitrogens with zero attached hydrogens (tertiary/aromatic N) is 1. The molecule has 2 N–H and O–H groups in total. The molecule has 1 aliphatic rings. The Morgan fingerprint density at radius 1 is 1.24 bits per heavy atom. The van der Waals surface area contributed by atoms with E-state index in [9.17, 15) is 13.2 Å². The maximum Gasteiger partial charge on any atom is 0.251 e. The van der Waals surface area contributed by atoms with E-state index in [1.165, 1.54) is 24.3 Å². The standard InChI is InChI=1S/C14H21N3O3S/c1-17(2)10-9-15-14(18)11-3-7-13(8-4-11)21(19,20)16-12-5-6-12/h3-4,7-8,12,16H,5-6,9-10H2,1-2H3,(H,15,18). The van der Waals surface area contributed by atoms with Crippen molar-refractivity contribution in [1.82, 2.24) is 14.9 Å². The van der Waals surface area contributed by atoms with E-state index < -0.39 is 10.0 Å². The van der Waals surface area contributed by atoms with Crippen LogP contribution in [-0.4, -0.2) is 52.5 Å². The minimum Gasteiger partial charge on any atom is -0.351 e. The van der Waals surface area contributed by atoms with Crippen LogP contribution in [0.5, 0.6) is 0 Å². The largest absolute Gasteiger partial charge is 0.351 e. The number of nitrogens with one attached hydrogen (secondary N) is 2. The zero-order chi connectivity index (χ0) is 15.5. The van der Waals surface area contributed by atoms with Crippen LogP contribution in [0.1, 0.15) is 23.2 Å². The minimum atomic E-state index is -3.46. The Labute approximate surface area is 125 Å².